The first-order valence-corrected chi connectivity index (χ1v) is 9.81. The standard InChI is InChI=1S/C17H23NO4S/c19-17-6-5-16(13-17)15-3-1-14(2-4-15)7-12-23(20,21)18-8-10-22-11-9-18/h1-4,16H,5-13H2. The van der Waals surface area contributed by atoms with Crippen molar-refractivity contribution in [2.24, 2.45) is 0 Å². The van der Waals surface area contributed by atoms with Crippen LogP contribution in [0.4, 0.5) is 0 Å². The predicted octanol–water partition coefficient (Wildman–Crippen LogP) is 1.73. The molecule has 0 bridgehead atoms. The van der Waals surface area contributed by atoms with E-state index < -0.39 is 10.0 Å². The zero-order valence-electron chi connectivity index (χ0n) is 13.2. The largest absolute Gasteiger partial charge is 0.379 e. The minimum absolute atomic E-state index is 0.133. The molecule has 126 valence electrons. The van der Waals surface area contributed by atoms with Gasteiger partial charge in [-0.1, -0.05) is 24.3 Å². The lowest BCUT2D eigenvalue weighted by Crippen LogP contribution is -2.42. The van der Waals surface area contributed by atoms with Crippen LogP contribution < -0.4 is 0 Å². The Labute approximate surface area is 137 Å². The summed E-state index contributed by atoms with van der Waals surface area (Å²) in [6, 6.07) is 8.07. The number of hydrogen-bond acceptors (Lipinski definition) is 4. The zero-order valence-corrected chi connectivity index (χ0v) is 14.1. The number of benzene rings is 1. The van der Waals surface area contributed by atoms with Crippen molar-refractivity contribution in [1.82, 2.24) is 4.31 Å². The molecular weight excluding hydrogens is 314 g/mol. The minimum atomic E-state index is -3.21. The van der Waals surface area contributed by atoms with Gasteiger partial charge >= 0.3 is 0 Å². The van der Waals surface area contributed by atoms with E-state index >= 15 is 0 Å². The van der Waals surface area contributed by atoms with Crippen molar-refractivity contribution in [3.63, 3.8) is 0 Å². The predicted molar refractivity (Wildman–Crippen MR) is 87.9 cm³/mol. The van der Waals surface area contributed by atoms with Gasteiger partial charge in [0.15, 0.2) is 0 Å². The molecule has 1 aliphatic carbocycles. The Morgan fingerprint density at radius 1 is 1.13 bits per heavy atom. The Hall–Kier alpha value is -1.24. The number of ether oxygens (including phenoxy) is 1. The lowest BCUT2D eigenvalue weighted by Gasteiger charge is -2.26. The fourth-order valence-electron chi connectivity index (χ4n) is 3.26. The van der Waals surface area contributed by atoms with Gasteiger partial charge < -0.3 is 4.74 Å². The average Bonchev–Trinajstić information content (AvgIpc) is 3.01. The normalized spacial score (nSPS) is 23.3. The third-order valence-corrected chi connectivity index (χ3v) is 6.58. The Morgan fingerprint density at radius 3 is 2.43 bits per heavy atom. The topological polar surface area (TPSA) is 63.7 Å². The maximum atomic E-state index is 12.3. The zero-order chi connectivity index (χ0) is 16.3. The monoisotopic (exact) mass is 337 g/mol. The second kappa shape index (κ2) is 7.11. The molecule has 0 amide bonds. The van der Waals surface area contributed by atoms with Crippen molar-refractivity contribution in [2.45, 2.75) is 31.6 Å². The second-order valence-electron chi connectivity index (χ2n) is 6.30. The number of hydrogen-bond donors (Lipinski definition) is 0. The third-order valence-electron chi connectivity index (χ3n) is 4.71. The van der Waals surface area contributed by atoms with Crippen molar-refractivity contribution in [3.8, 4) is 0 Å². The lowest BCUT2D eigenvalue weighted by molar-refractivity contribution is -0.117. The number of rotatable bonds is 5. The van der Waals surface area contributed by atoms with Gasteiger partial charge in [0.2, 0.25) is 10.0 Å². The van der Waals surface area contributed by atoms with Gasteiger partial charge in [-0.3, -0.25) is 4.79 Å². The van der Waals surface area contributed by atoms with Crippen LogP contribution in [0.2, 0.25) is 0 Å². The van der Waals surface area contributed by atoms with Gasteiger partial charge in [-0.05, 0) is 29.9 Å². The highest BCUT2D eigenvalue weighted by atomic mass is 32.2. The molecule has 2 fully saturated rings. The molecule has 1 aliphatic heterocycles. The summed E-state index contributed by atoms with van der Waals surface area (Å²) in [6.07, 6.45) is 2.78. The van der Waals surface area contributed by atoms with E-state index in [0.29, 0.717) is 57.3 Å². The number of carbonyl (C=O) groups is 1. The number of carbonyl (C=O) groups excluding carboxylic acids is 1. The summed E-state index contributed by atoms with van der Waals surface area (Å²) in [6.45, 7) is 1.87. The van der Waals surface area contributed by atoms with Crippen LogP contribution in [0, 0.1) is 0 Å². The van der Waals surface area contributed by atoms with Gasteiger partial charge in [-0.25, -0.2) is 8.42 Å². The van der Waals surface area contributed by atoms with Crippen LogP contribution in [-0.4, -0.2) is 50.6 Å². The first-order chi connectivity index (χ1) is 11.0. The van der Waals surface area contributed by atoms with Crippen LogP contribution in [0.15, 0.2) is 24.3 Å². The summed E-state index contributed by atoms with van der Waals surface area (Å²) in [5.41, 5.74) is 2.21. The molecular formula is C17H23NO4S. The number of sulfonamides is 1. The van der Waals surface area contributed by atoms with E-state index in [0.717, 1.165) is 12.0 Å². The van der Waals surface area contributed by atoms with Gasteiger partial charge in [0.1, 0.15) is 5.78 Å². The Morgan fingerprint density at radius 2 is 1.83 bits per heavy atom. The maximum Gasteiger partial charge on any atom is 0.214 e. The van der Waals surface area contributed by atoms with Crippen LogP contribution in [0.25, 0.3) is 0 Å². The van der Waals surface area contributed by atoms with Crippen molar-refractivity contribution in [2.75, 3.05) is 32.1 Å². The second-order valence-corrected chi connectivity index (χ2v) is 8.39. The molecule has 1 atom stereocenters. The average molecular weight is 337 g/mol. The highest BCUT2D eigenvalue weighted by molar-refractivity contribution is 7.89. The fraction of sp³-hybridized carbons (Fsp3) is 0.588. The molecule has 1 aromatic rings. The van der Waals surface area contributed by atoms with Gasteiger partial charge in [-0.15, -0.1) is 0 Å². The first kappa shape index (κ1) is 16.6. The molecule has 1 saturated carbocycles. The van der Waals surface area contributed by atoms with E-state index in [1.165, 1.54) is 9.87 Å². The van der Waals surface area contributed by atoms with Crippen LogP contribution in [0.3, 0.4) is 0 Å². The molecule has 2 aliphatic rings. The molecule has 23 heavy (non-hydrogen) atoms. The number of morpholine rings is 1. The van der Waals surface area contributed by atoms with Gasteiger partial charge in [0.05, 0.1) is 19.0 Å². The van der Waals surface area contributed by atoms with Crippen molar-refractivity contribution in [1.29, 1.82) is 0 Å². The van der Waals surface area contributed by atoms with Crippen LogP contribution in [-0.2, 0) is 26.0 Å². The number of aryl methyl sites for hydroxylation is 1. The highest BCUT2D eigenvalue weighted by Crippen LogP contribution is 2.32. The number of ketones is 1. The third kappa shape index (κ3) is 4.19. The first-order valence-electron chi connectivity index (χ1n) is 8.21. The molecule has 6 heteroatoms. The Balaban J connectivity index is 1.57. The molecule has 0 N–H and O–H groups in total. The van der Waals surface area contributed by atoms with E-state index in [9.17, 15) is 13.2 Å². The summed E-state index contributed by atoms with van der Waals surface area (Å²) in [5, 5.41) is 0. The number of nitrogens with zero attached hydrogens (tertiary/aromatic N) is 1. The Kier molecular flexibility index (Phi) is 5.14. The van der Waals surface area contributed by atoms with Crippen LogP contribution in [0.5, 0.6) is 0 Å². The van der Waals surface area contributed by atoms with Crippen molar-refractivity contribution >= 4 is 15.8 Å². The van der Waals surface area contributed by atoms with Crippen LogP contribution in [0.1, 0.15) is 36.3 Å². The molecule has 0 spiro atoms. The van der Waals surface area contributed by atoms with Crippen LogP contribution >= 0.6 is 0 Å². The van der Waals surface area contributed by atoms with E-state index in [1.54, 1.807) is 0 Å². The smallest absolute Gasteiger partial charge is 0.214 e. The van der Waals surface area contributed by atoms with E-state index in [2.05, 4.69) is 0 Å². The number of Topliss-reactive ketones (excluding diaryl/α,β-unsaturated/α-hetero) is 1. The maximum absolute atomic E-state index is 12.3. The van der Waals surface area contributed by atoms with Gasteiger partial charge in [0, 0.05) is 25.9 Å². The summed E-state index contributed by atoms with van der Waals surface area (Å²) < 4.78 is 31.3. The van der Waals surface area contributed by atoms with E-state index in [1.807, 2.05) is 24.3 Å². The van der Waals surface area contributed by atoms with Gasteiger partial charge in [0.25, 0.3) is 0 Å². The SMILES string of the molecule is O=C1CCC(c2ccc(CCS(=O)(=O)N3CCOCC3)cc2)C1. The molecule has 0 radical (unpaired) electrons. The molecule has 5 nitrogen and oxygen atoms in total. The molecule has 0 aromatic heterocycles. The quantitative estimate of drug-likeness (QED) is 0.821. The van der Waals surface area contributed by atoms with Crippen molar-refractivity contribution in [3.05, 3.63) is 35.4 Å². The molecule has 1 saturated heterocycles. The Bertz CT molecular complexity index is 648. The van der Waals surface area contributed by atoms with Gasteiger partial charge in [-0.2, -0.15) is 4.31 Å². The molecule has 3 rings (SSSR count). The highest BCUT2D eigenvalue weighted by Gasteiger charge is 2.25. The van der Waals surface area contributed by atoms with Crippen molar-refractivity contribution < 1.29 is 17.9 Å². The molecule has 1 heterocycles. The van der Waals surface area contributed by atoms with E-state index in [4.69, 9.17) is 4.74 Å². The minimum Gasteiger partial charge on any atom is -0.379 e. The summed E-state index contributed by atoms with van der Waals surface area (Å²) in [5.74, 6) is 0.818. The summed E-state index contributed by atoms with van der Waals surface area (Å²) >= 11 is 0. The summed E-state index contributed by atoms with van der Waals surface area (Å²) in [7, 11) is -3.21. The summed E-state index contributed by atoms with van der Waals surface area (Å²) in [4.78, 5) is 11.4. The molecule has 1 unspecified atom stereocenters. The van der Waals surface area contributed by atoms with E-state index in [-0.39, 0.29) is 5.75 Å². The lowest BCUT2D eigenvalue weighted by atomic mass is 9.96. The fourth-order valence-corrected chi connectivity index (χ4v) is 4.71. The molecule has 1 aromatic carbocycles.